The smallest absolute Gasteiger partial charge is 0.306 e. The molecule has 0 aliphatic heterocycles. The molecule has 0 bridgehead atoms. The van der Waals surface area contributed by atoms with Crippen molar-refractivity contribution >= 4 is 40.8 Å². The standard InChI is InChI=1S/C25H31N3O4S/c1-3-28(4-2)24(31)20-12-14-21(15-13-20)26-25(33)27-22(29)16-17-23(30)32-18-8-11-19-9-6-5-7-10-19/h5-7,9-10,12-15H,3-4,8,11,16-18H2,1-2H3,(H2,26,27,29,33). The normalized spacial score (nSPS) is 10.2. The monoisotopic (exact) mass is 469 g/mol. The van der Waals surface area contributed by atoms with Crippen LogP contribution in [0.2, 0.25) is 0 Å². The fourth-order valence-electron chi connectivity index (χ4n) is 3.14. The molecular weight excluding hydrogens is 438 g/mol. The summed E-state index contributed by atoms with van der Waals surface area (Å²) < 4.78 is 5.18. The van der Waals surface area contributed by atoms with Gasteiger partial charge in [-0.2, -0.15) is 0 Å². The molecule has 33 heavy (non-hydrogen) atoms. The van der Waals surface area contributed by atoms with E-state index in [-0.39, 0.29) is 29.8 Å². The van der Waals surface area contributed by atoms with Crippen molar-refractivity contribution in [3.8, 4) is 0 Å². The number of hydrogen-bond acceptors (Lipinski definition) is 5. The lowest BCUT2D eigenvalue weighted by atomic mass is 10.1. The van der Waals surface area contributed by atoms with Crippen LogP contribution < -0.4 is 10.6 Å². The van der Waals surface area contributed by atoms with Crippen LogP contribution in [0.4, 0.5) is 5.69 Å². The van der Waals surface area contributed by atoms with E-state index in [0.29, 0.717) is 30.9 Å². The van der Waals surface area contributed by atoms with Gasteiger partial charge >= 0.3 is 5.97 Å². The maximum Gasteiger partial charge on any atom is 0.306 e. The molecule has 0 saturated carbocycles. The predicted molar refractivity (Wildman–Crippen MR) is 133 cm³/mol. The molecule has 0 spiro atoms. The van der Waals surface area contributed by atoms with E-state index in [2.05, 4.69) is 10.6 Å². The van der Waals surface area contributed by atoms with E-state index < -0.39 is 5.97 Å². The highest BCUT2D eigenvalue weighted by atomic mass is 32.1. The van der Waals surface area contributed by atoms with Crippen LogP contribution in [0.1, 0.15) is 49.0 Å². The van der Waals surface area contributed by atoms with Gasteiger partial charge in [0.2, 0.25) is 5.91 Å². The minimum absolute atomic E-state index is 0.0120. The highest BCUT2D eigenvalue weighted by molar-refractivity contribution is 7.80. The molecule has 0 unspecified atom stereocenters. The second kappa shape index (κ2) is 14.0. The number of carbonyl (C=O) groups is 3. The van der Waals surface area contributed by atoms with Crippen molar-refractivity contribution in [2.45, 2.75) is 39.5 Å². The van der Waals surface area contributed by atoms with Gasteiger partial charge in [-0.05, 0) is 68.7 Å². The molecule has 0 aliphatic carbocycles. The fourth-order valence-corrected chi connectivity index (χ4v) is 3.37. The fraction of sp³-hybridized carbons (Fsp3) is 0.360. The average Bonchev–Trinajstić information content (AvgIpc) is 2.82. The SMILES string of the molecule is CCN(CC)C(=O)c1ccc(NC(=S)NC(=O)CCC(=O)OCCCc2ccccc2)cc1. The predicted octanol–water partition coefficient (Wildman–Crippen LogP) is 3.94. The molecule has 2 rings (SSSR count). The van der Waals surface area contributed by atoms with Crippen LogP contribution in [-0.2, 0) is 20.7 Å². The van der Waals surface area contributed by atoms with E-state index in [1.165, 1.54) is 5.56 Å². The van der Waals surface area contributed by atoms with Gasteiger partial charge < -0.3 is 20.3 Å². The Hall–Kier alpha value is -3.26. The zero-order chi connectivity index (χ0) is 24.1. The Labute approximate surface area is 200 Å². The Balaban J connectivity index is 1.65. The third-order valence-electron chi connectivity index (χ3n) is 4.97. The highest BCUT2D eigenvalue weighted by Gasteiger charge is 2.13. The third-order valence-corrected chi connectivity index (χ3v) is 5.17. The number of thiocarbonyl (C=S) groups is 1. The molecular formula is C25H31N3O4S. The lowest BCUT2D eigenvalue weighted by Crippen LogP contribution is -2.34. The van der Waals surface area contributed by atoms with Gasteiger partial charge in [0.15, 0.2) is 5.11 Å². The highest BCUT2D eigenvalue weighted by Crippen LogP contribution is 2.12. The van der Waals surface area contributed by atoms with E-state index in [4.69, 9.17) is 17.0 Å². The van der Waals surface area contributed by atoms with Gasteiger partial charge in [-0.1, -0.05) is 30.3 Å². The molecule has 2 aromatic rings. The summed E-state index contributed by atoms with van der Waals surface area (Å²) in [5.41, 5.74) is 2.43. The van der Waals surface area contributed by atoms with Crippen molar-refractivity contribution in [3.05, 3.63) is 65.7 Å². The van der Waals surface area contributed by atoms with Crippen LogP contribution >= 0.6 is 12.2 Å². The first-order valence-electron chi connectivity index (χ1n) is 11.1. The zero-order valence-electron chi connectivity index (χ0n) is 19.1. The van der Waals surface area contributed by atoms with Gasteiger partial charge in [0.1, 0.15) is 0 Å². The number of benzene rings is 2. The van der Waals surface area contributed by atoms with Gasteiger partial charge in [-0.25, -0.2) is 0 Å². The molecule has 7 nitrogen and oxygen atoms in total. The minimum atomic E-state index is -0.412. The molecule has 2 amide bonds. The Morgan fingerprint density at radius 1 is 0.939 bits per heavy atom. The number of hydrogen-bond donors (Lipinski definition) is 2. The number of anilines is 1. The maximum absolute atomic E-state index is 12.3. The molecule has 2 N–H and O–H groups in total. The lowest BCUT2D eigenvalue weighted by Gasteiger charge is -2.18. The first-order valence-corrected chi connectivity index (χ1v) is 11.5. The first-order chi connectivity index (χ1) is 15.9. The van der Waals surface area contributed by atoms with Crippen molar-refractivity contribution in [2.24, 2.45) is 0 Å². The second-order valence-corrected chi connectivity index (χ2v) is 7.77. The first kappa shape index (κ1) is 26.0. The third kappa shape index (κ3) is 9.41. The second-order valence-electron chi connectivity index (χ2n) is 7.37. The quantitative estimate of drug-likeness (QED) is 0.295. The number of amides is 2. The van der Waals surface area contributed by atoms with Crippen molar-refractivity contribution in [3.63, 3.8) is 0 Å². The number of nitrogens with zero attached hydrogens (tertiary/aromatic N) is 1. The van der Waals surface area contributed by atoms with Crippen LogP contribution in [0, 0.1) is 0 Å². The van der Waals surface area contributed by atoms with Gasteiger partial charge in [-0.15, -0.1) is 0 Å². The summed E-state index contributed by atoms with van der Waals surface area (Å²) in [5, 5.41) is 5.57. The van der Waals surface area contributed by atoms with Crippen LogP contribution in [-0.4, -0.2) is 47.5 Å². The molecule has 0 aromatic heterocycles. The van der Waals surface area contributed by atoms with Crippen LogP contribution in [0.15, 0.2) is 54.6 Å². The number of rotatable bonds is 11. The van der Waals surface area contributed by atoms with E-state index in [1.54, 1.807) is 29.2 Å². The summed E-state index contributed by atoms with van der Waals surface area (Å²) >= 11 is 5.15. The van der Waals surface area contributed by atoms with E-state index >= 15 is 0 Å². The summed E-state index contributed by atoms with van der Waals surface area (Å²) in [7, 11) is 0. The van der Waals surface area contributed by atoms with E-state index in [0.717, 1.165) is 12.8 Å². The molecule has 2 aromatic carbocycles. The Morgan fingerprint density at radius 2 is 1.61 bits per heavy atom. The molecule has 0 heterocycles. The molecule has 0 aliphatic rings. The Bertz CT molecular complexity index is 928. The molecule has 8 heteroatoms. The Kier molecular flexibility index (Phi) is 11.0. The number of nitrogens with one attached hydrogen (secondary N) is 2. The number of esters is 1. The molecule has 0 saturated heterocycles. The molecule has 0 fully saturated rings. The Morgan fingerprint density at radius 3 is 2.24 bits per heavy atom. The minimum Gasteiger partial charge on any atom is -0.466 e. The van der Waals surface area contributed by atoms with Crippen LogP contribution in [0.3, 0.4) is 0 Å². The van der Waals surface area contributed by atoms with Gasteiger partial charge in [0, 0.05) is 30.8 Å². The largest absolute Gasteiger partial charge is 0.466 e. The summed E-state index contributed by atoms with van der Waals surface area (Å²) in [6, 6.07) is 16.8. The summed E-state index contributed by atoms with van der Waals surface area (Å²) in [6.45, 7) is 5.48. The van der Waals surface area contributed by atoms with Crippen LogP contribution in [0.5, 0.6) is 0 Å². The van der Waals surface area contributed by atoms with Crippen molar-refractivity contribution in [2.75, 3.05) is 25.0 Å². The maximum atomic E-state index is 12.3. The molecule has 176 valence electrons. The average molecular weight is 470 g/mol. The topological polar surface area (TPSA) is 87.7 Å². The van der Waals surface area contributed by atoms with Crippen LogP contribution in [0.25, 0.3) is 0 Å². The summed E-state index contributed by atoms with van der Waals surface area (Å²) in [4.78, 5) is 38.0. The van der Waals surface area contributed by atoms with E-state index in [9.17, 15) is 14.4 Å². The molecule has 0 radical (unpaired) electrons. The number of carbonyl (C=O) groups excluding carboxylic acids is 3. The van der Waals surface area contributed by atoms with Crippen molar-refractivity contribution in [1.82, 2.24) is 10.2 Å². The van der Waals surface area contributed by atoms with Gasteiger partial charge in [-0.3, -0.25) is 14.4 Å². The summed E-state index contributed by atoms with van der Waals surface area (Å²) in [5.74, 6) is -0.818. The number of ether oxygens (including phenoxy) is 1. The summed E-state index contributed by atoms with van der Waals surface area (Å²) in [6.07, 6.45) is 1.53. The van der Waals surface area contributed by atoms with Crippen molar-refractivity contribution in [1.29, 1.82) is 0 Å². The lowest BCUT2D eigenvalue weighted by molar-refractivity contribution is -0.145. The number of aryl methyl sites for hydroxylation is 1. The van der Waals surface area contributed by atoms with Crippen molar-refractivity contribution < 1.29 is 19.1 Å². The molecule has 0 atom stereocenters. The van der Waals surface area contributed by atoms with Gasteiger partial charge in [0.05, 0.1) is 13.0 Å². The zero-order valence-corrected chi connectivity index (χ0v) is 20.0. The van der Waals surface area contributed by atoms with E-state index in [1.807, 2.05) is 44.2 Å². The van der Waals surface area contributed by atoms with Gasteiger partial charge in [0.25, 0.3) is 5.91 Å².